The molecule has 0 unspecified atom stereocenters. The summed E-state index contributed by atoms with van der Waals surface area (Å²) < 4.78 is 15.7. The Hall–Kier alpha value is -2.89. The summed E-state index contributed by atoms with van der Waals surface area (Å²) in [7, 11) is 0. The number of aromatic nitrogens is 3. The Kier molecular flexibility index (Phi) is 5.16. The average molecular weight is 441 g/mol. The number of anilines is 2. The first-order chi connectivity index (χ1) is 15.0. The van der Waals surface area contributed by atoms with Crippen molar-refractivity contribution in [3.63, 3.8) is 0 Å². The van der Waals surface area contributed by atoms with Gasteiger partial charge in [-0.25, -0.2) is 11.0 Å². The van der Waals surface area contributed by atoms with Crippen molar-refractivity contribution < 1.29 is 4.39 Å². The lowest BCUT2D eigenvalue weighted by Gasteiger charge is -2.42. The fraction of sp³-hybridized carbons (Fsp3) is 0.409. The van der Waals surface area contributed by atoms with Crippen LogP contribution in [-0.2, 0) is 0 Å². The lowest BCUT2D eigenvalue weighted by Crippen LogP contribution is -2.49. The molecule has 7 nitrogen and oxygen atoms in total. The lowest BCUT2D eigenvalue weighted by molar-refractivity contribution is 0.0766. The summed E-state index contributed by atoms with van der Waals surface area (Å²) in [5, 5.41) is 8.17. The monoisotopic (exact) mass is 440 g/mol. The second kappa shape index (κ2) is 7.98. The number of benzene rings is 1. The molecule has 160 valence electrons. The van der Waals surface area contributed by atoms with Gasteiger partial charge < -0.3 is 15.1 Å². The van der Waals surface area contributed by atoms with Gasteiger partial charge in [-0.3, -0.25) is 14.4 Å². The summed E-state index contributed by atoms with van der Waals surface area (Å²) in [6, 6.07) is 6.29. The third kappa shape index (κ3) is 3.58. The molecule has 2 N–H and O–H groups in total. The first kappa shape index (κ1) is 20.0. The summed E-state index contributed by atoms with van der Waals surface area (Å²) >= 11 is 5.78. The SMILES string of the molecule is [C-]#[N+][C@H]1C[C@@H](N2CCC2)CC[C@@H]1n1nc(Nc2ccc(Cl)c(F)c2)c2c(=O)[nH]ccc21. The highest BCUT2D eigenvalue weighted by Gasteiger charge is 2.40. The summed E-state index contributed by atoms with van der Waals surface area (Å²) in [6.07, 6.45) is 5.46. The highest BCUT2D eigenvalue weighted by molar-refractivity contribution is 6.30. The van der Waals surface area contributed by atoms with Crippen LogP contribution in [0.25, 0.3) is 15.7 Å². The van der Waals surface area contributed by atoms with Crippen LogP contribution in [0.4, 0.5) is 15.9 Å². The third-order valence-electron chi connectivity index (χ3n) is 6.45. The summed E-state index contributed by atoms with van der Waals surface area (Å²) in [5.41, 5.74) is 0.830. The van der Waals surface area contributed by atoms with E-state index >= 15 is 0 Å². The van der Waals surface area contributed by atoms with Gasteiger partial charge in [-0.2, -0.15) is 5.10 Å². The Bertz CT molecular complexity index is 1230. The highest BCUT2D eigenvalue weighted by atomic mass is 35.5. The van der Waals surface area contributed by atoms with Gasteiger partial charge in [0.2, 0.25) is 6.04 Å². The molecule has 2 aliphatic rings. The maximum Gasteiger partial charge on any atom is 0.261 e. The number of hydrogen-bond acceptors (Lipinski definition) is 4. The maximum atomic E-state index is 13.9. The number of hydrogen-bond donors (Lipinski definition) is 2. The van der Waals surface area contributed by atoms with Crippen molar-refractivity contribution in [2.75, 3.05) is 18.4 Å². The first-order valence-corrected chi connectivity index (χ1v) is 10.9. The van der Waals surface area contributed by atoms with E-state index in [0.717, 1.165) is 32.4 Å². The maximum absolute atomic E-state index is 13.9. The Labute approximate surface area is 183 Å². The fourth-order valence-corrected chi connectivity index (χ4v) is 4.84. The summed E-state index contributed by atoms with van der Waals surface area (Å²) in [5.74, 6) is -0.214. The van der Waals surface area contributed by atoms with E-state index in [-0.39, 0.29) is 22.7 Å². The summed E-state index contributed by atoms with van der Waals surface area (Å²) in [4.78, 5) is 21.7. The Balaban J connectivity index is 1.52. The minimum absolute atomic E-state index is 0.0256. The second-order valence-electron chi connectivity index (χ2n) is 8.23. The molecule has 0 amide bonds. The minimum atomic E-state index is -0.554. The number of aromatic amines is 1. The van der Waals surface area contributed by atoms with Crippen molar-refractivity contribution in [3.8, 4) is 0 Å². The smallest absolute Gasteiger partial charge is 0.261 e. The lowest BCUT2D eigenvalue weighted by atomic mass is 9.85. The molecule has 31 heavy (non-hydrogen) atoms. The van der Waals surface area contributed by atoms with Crippen LogP contribution in [-0.4, -0.2) is 44.8 Å². The number of fused-ring (bicyclic) bond motifs is 1. The molecule has 2 fully saturated rings. The Morgan fingerprint density at radius 2 is 2.13 bits per heavy atom. The number of likely N-dealkylation sites (tertiary alicyclic amines) is 1. The number of halogens is 2. The van der Waals surface area contributed by atoms with E-state index < -0.39 is 5.82 Å². The molecule has 1 saturated carbocycles. The van der Waals surface area contributed by atoms with Crippen LogP contribution in [0.5, 0.6) is 0 Å². The van der Waals surface area contributed by atoms with Crippen LogP contribution in [0.2, 0.25) is 5.02 Å². The molecule has 1 aromatic carbocycles. The largest absolute Gasteiger partial charge is 0.338 e. The first-order valence-electron chi connectivity index (χ1n) is 10.5. The molecule has 2 aromatic heterocycles. The van der Waals surface area contributed by atoms with Crippen molar-refractivity contribution in [1.29, 1.82) is 0 Å². The van der Waals surface area contributed by atoms with E-state index in [4.69, 9.17) is 23.3 Å². The molecule has 5 rings (SSSR count). The molecule has 3 heterocycles. The van der Waals surface area contributed by atoms with E-state index in [1.807, 2.05) is 4.68 Å². The third-order valence-corrected chi connectivity index (χ3v) is 6.76. The highest BCUT2D eigenvalue weighted by Crippen LogP contribution is 2.37. The van der Waals surface area contributed by atoms with E-state index in [1.54, 1.807) is 18.3 Å². The van der Waals surface area contributed by atoms with Crippen molar-refractivity contribution in [2.45, 2.75) is 43.8 Å². The zero-order valence-corrected chi connectivity index (χ0v) is 17.6. The van der Waals surface area contributed by atoms with Gasteiger partial charge in [0, 0.05) is 24.3 Å². The van der Waals surface area contributed by atoms with Crippen molar-refractivity contribution >= 4 is 34.0 Å². The quantitative estimate of drug-likeness (QED) is 0.592. The average Bonchev–Trinajstić information content (AvgIpc) is 3.09. The zero-order valence-electron chi connectivity index (χ0n) is 16.8. The molecule has 1 aliphatic heterocycles. The molecule has 0 bridgehead atoms. The predicted octanol–water partition coefficient (Wildman–Crippen LogP) is 4.35. The van der Waals surface area contributed by atoms with Crippen LogP contribution in [0.1, 0.15) is 31.7 Å². The van der Waals surface area contributed by atoms with Gasteiger partial charge in [-0.1, -0.05) is 11.6 Å². The molecule has 1 saturated heterocycles. The van der Waals surface area contributed by atoms with Gasteiger partial charge in [0.05, 0.1) is 10.5 Å². The zero-order chi connectivity index (χ0) is 21.5. The van der Waals surface area contributed by atoms with Gasteiger partial charge in [-0.05, 0) is 56.6 Å². The number of pyridine rings is 1. The van der Waals surface area contributed by atoms with Gasteiger partial charge in [0.1, 0.15) is 17.2 Å². The van der Waals surface area contributed by atoms with Gasteiger partial charge in [0.25, 0.3) is 5.56 Å². The molecule has 9 heteroatoms. The molecule has 0 spiro atoms. The molecule has 3 aromatic rings. The fourth-order valence-electron chi connectivity index (χ4n) is 4.72. The van der Waals surface area contributed by atoms with Crippen LogP contribution in [0.15, 0.2) is 35.3 Å². The Morgan fingerprint density at radius 3 is 2.84 bits per heavy atom. The topological polar surface area (TPSA) is 70.3 Å². The normalized spacial score (nSPS) is 24.0. The molecular weight excluding hydrogens is 419 g/mol. The standard InChI is InChI=1S/C22H22ClFN6O/c1-25-17-12-14(29-9-2-10-29)4-6-18(17)30-19-7-8-26-22(31)20(19)21(28-30)27-13-3-5-15(23)16(24)11-13/h3,5,7-8,11,14,17-18H,2,4,6,9-10,12H2,(H,26,31)(H,27,28)/t14-,17-,18-/m0/s1. The van der Waals surface area contributed by atoms with Crippen LogP contribution >= 0.6 is 11.6 Å². The van der Waals surface area contributed by atoms with Gasteiger partial charge in [0.15, 0.2) is 5.82 Å². The molecule has 3 atom stereocenters. The van der Waals surface area contributed by atoms with Crippen molar-refractivity contribution in [1.82, 2.24) is 19.7 Å². The van der Waals surface area contributed by atoms with Crippen LogP contribution < -0.4 is 10.9 Å². The van der Waals surface area contributed by atoms with E-state index in [0.29, 0.717) is 28.5 Å². The second-order valence-corrected chi connectivity index (χ2v) is 8.64. The van der Waals surface area contributed by atoms with E-state index in [9.17, 15) is 9.18 Å². The van der Waals surface area contributed by atoms with Gasteiger partial charge in [-0.15, -0.1) is 0 Å². The van der Waals surface area contributed by atoms with E-state index in [1.165, 1.54) is 18.6 Å². The summed E-state index contributed by atoms with van der Waals surface area (Å²) in [6.45, 7) is 10.0. The van der Waals surface area contributed by atoms with Crippen LogP contribution in [0.3, 0.4) is 0 Å². The number of nitrogens with zero attached hydrogens (tertiary/aromatic N) is 4. The molecule has 0 radical (unpaired) electrons. The van der Waals surface area contributed by atoms with E-state index in [2.05, 4.69) is 20.0 Å². The van der Waals surface area contributed by atoms with Crippen LogP contribution in [0, 0.1) is 12.4 Å². The predicted molar refractivity (Wildman–Crippen MR) is 118 cm³/mol. The minimum Gasteiger partial charge on any atom is -0.338 e. The number of H-pyrrole nitrogens is 1. The van der Waals surface area contributed by atoms with Crippen molar-refractivity contribution in [3.05, 3.63) is 63.1 Å². The number of rotatable bonds is 4. The Morgan fingerprint density at radius 1 is 1.29 bits per heavy atom. The molecule has 1 aliphatic carbocycles. The molecular formula is C22H22ClFN6O. The van der Waals surface area contributed by atoms with Crippen molar-refractivity contribution in [2.24, 2.45) is 0 Å². The van der Waals surface area contributed by atoms with Gasteiger partial charge >= 0.3 is 0 Å². The number of nitrogens with one attached hydrogen (secondary N) is 2.